The molecule has 0 amide bonds. The Hall–Kier alpha value is -1.72. The van der Waals surface area contributed by atoms with Gasteiger partial charge in [0.05, 0.1) is 17.8 Å². The quantitative estimate of drug-likeness (QED) is 0.831. The van der Waals surface area contributed by atoms with E-state index in [1.807, 2.05) is 12.1 Å². The number of nitrogens with zero attached hydrogens (tertiary/aromatic N) is 2. The predicted molar refractivity (Wildman–Crippen MR) is 86.4 cm³/mol. The Balaban J connectivity index is 1.78. The molecule has 22 heavy (non-hydrogen) atoms. The Labute approximate surface area is 131 Å². The molecule has 1 fully saturated rings. The summed E-state index contributed by atoms with van der Waals surface area (Å²) >= 11 is 0. The number of fused-ring (bicyclic) bond motifs is 1. The number of hydrogen-bond donors (Lipinski definition) is 1. The fraction of sp³-hybridized carbons (Fsp3) is 0.529. The maximum absolute atomic E-state index is 5.75. The molecule has 0 bridgehead atoms. The van der Waals surface area contributed by atoms with Crippen LogP contribution in [-0.2, 0) is 4.74 Å². The van der Waals surface area contributed by atoms with Gasteiger partial charge >= 0.3 is 0 Å². The second-order valence-electron chi connectivity index (χ2n) is 5.66. The van der Waals surface area contributed by atoms with E-state index in [0.717, 1.165) is 55.6 Å². The molecule has 1 aliphatic heterocycles. The number of aromatic nitrogens is 2. The summed E-state index contributed by atoms with van der Waals surface area (Å²) in [5.74, 6) is 1.39. The van der Waals surface area contributed by atoms with Crippen molar-refractivity contribution >= 4 is 10.9 Å². The lowest BCUT2D eigenvalue weighted by Crippen LogP contribution is -2.27. The molecule has 2 aromatic rings. The lowest BCUT2D eigenvalue weighted by Gasteiger charge is -2.23. The minimum absolute atomic E-state index is 0.528. The highest BCUT2D eigenvalue weighted by atomic mass is 16.5. The molecule has 0 saturated carbocycles. The standard InChI is InChI=1S/C17H23N3O2/c1-21-9-2-10-22-14-3-4-15-16(11-14)19-12-20-17(15)13-5-7-18-8-6-13/h3-4,11-13,18H,2,5-10H2,1H3. The Bertz CT molecular complexity index is 612. The Morgan fingerprint density at radius 2 is 2.05 bits per heavy atom. The van der Waals surface area contributed by atoms with Gasteiger partial charge in [-0.3, -0.25) is 0 Å². The van der Waals surface area contributed by atoms with Crippen molar-refractivity contribution in [2.75, 3.05) is 33.4 Å². The zero-order valence-corrected chi connectivity index (χ0v) is 13.0. The van der Waals surface area contributed by atoms with Gasteiger partial charge in [0.25, 0.3) is 0 Å². The van der Waals surface area contributed by atoms with E-state index in [0.29, 0.717) is 12.5 Å². The zero-order chi connectivity index (χ0) is 15.2. The first-order chi connectivity index (χ1) is 10.9. The average Bonchev–Trinajstić information content (AvgIpc) is 2.59. The molecule has 0 spiro atoms. The van der Waals surface area contributed by atoms with Gasteiger partial charge < -0.3 is 14.8 Å². The predicted octanol–water partition coefficient (Wildman–Crippen LogP) is 2.51. The first-order valence-electron chi connectivity index (χ1n) is 7.95. The number of benzene rings is 1. The summed E-state index contributed by atoms with van der Waals surface area (Å²) in [6.45, 7) is 3.51. The van der Waals surface area contributed by atoms with E-state index >= 15 is 0 Å². The minimum Gasteiger partial charge on any atom is -0.493 e. The molecule has 1 aliphatic rings. The Morgan fingerprint density at radius 3 is 2.86 bits per heavy atom. The summed E-state index contributed by atoms with van der Waals surface area (Å²) in [6, 6.07) is 6.12. The molecule has 0 atom stereocenters. The van der Waals surface area contributed by atoms with E-state index in [1.165, 1.54) is 5.69 Å². The van der Waals surface area contributed by atoms with Gasteiger partial charge in [-0.05, 0) is 38.1 Å². The highest BCUT2D eigenvalue weighted by Gasteiger charge is 2.19. The van der Waals surface area contributed by atoms with E-state index < -0.39 is 0 Å². The van der Waals surface area contributed by atoms with Crippen LogP contribution in [0.15, 0.2) is 24.5 Å². The Morgan fingerprint density at radius 1 is 1.18 bits per heavy atom. The second-order valence-corrected chi connectivity index (χ2v) is 5.66. The van der Waals surface area contributed by atoms with Crippen LogP contribution in [0.3, 0.4) is 0 Å². The smallest absolute Gasteiger partial charge is 0.121 e. The molecule has 3 rings (SSSR count). The van der Waals surface area contributed by atoms with Crippen LogP contribution >= 0.6 is 0 Å². The van der Waals surface area contributed by atoms with Crippen LogP contribution in [0.4, 0.5) is 0 Å². The summed E-state index contributed by atoms with van der Waals surface area (Å²) < 4.78 is 10.8. The van der Waals surface area contributed by atoms with Crippen molar-refractivity contribution < 1.29 is 9.47 Å². The fourth-order valence-corrected chi connectivity index (χ4v) is 2.96. The van der Waals surface area contributed by atoms with E-state index in [4.69, 9.17) is 9.47 Å². The molecular formula is C17H23N3O2. The summed E-state index contributed by atoms with van der Waals surface area (Å²) in [7, 11) is 1.70. The highest BCUT2D eigenvalue weighted by Crippen LogP contribution is 2.30. The molecule has 1 saturated heterocycles. The van der Waals surface area contributed by atoms with Crippen molar-refractivity contribution in [1.82, 2.24) is 15.3 Å². The first kappa shape index (κ1) is 15.2. The maximum atomic E-state index is 5.75. The van der Waals surface area contributed by atoms with Crippen molar-refractivity contribution in [3.8, 4) is 5.75 Å². The van der Waals surface area contributed by atoms with Crippen LogP contribution in [0.2, 0.25) is 0 Å². The van der Waals surface area contributed by atoms with Gasteiger partial charge in [0.15, 0.2) is 0 Å². The van der Waals surface area contributed by atoms with Gasteiger partial charge in [-0.2, -0.15) is 0 Å². The van der Waals surface area contributed by atoms with Gasteiger partial charge in [0.2, 0.25) is 0 Å². The van der Waals surface area contributed by atoms with Gasteiger partial charge in [-0.15, -0.1) is 0 Å². The number of methoxy groups -OCH3 is 1. The number of hydrogen-bond acceptors (Lipinski definition) is 5. The minimum atomic E-state index is 0.528. The third-order valence-electron chi connectivity index (χ3n) is 4.13. The van der Waals surface area contributed by atoms with Crippen LogP contribution in [0.5, 0.6) is 5.75 Å². The first-order valence-corrected chi connectivity index (χ1v) is 7.95. The third-order valence-corrected chi connectivity index (χ3v) is 4.13. The molecule has 118 valence electrons. The molecule has 0 unspecified atom stereocenters. The average molecular weight is 301 g/mol. The van der Waals surface area contributed by atoms with Crippen molar-refractivity contribution in [1.29, 1.82) is 0 Å². The SMILES string of the molecule is COCCCOc1ccc2c(C3CCNCC3)ncnc2c1. The van der Waals surface area contributed by atoms with E-state index in [-0.39, 0.29) is 0 Å². The zero-order valence-electron chi connectivity index (χ0n) is 13.0. The molecule has 1 aromatic heterocycles. The van der Waals surface area contributed by atoms with E-state index in [9.17, 15) is 0 Å². The molecule has 5 nitrogen and oxygen atoms in total. The molecule has 5 heteroatoms. The summed E-state index contributed by atoms with van der Waals surface area (Å²) in [6.07, 6.45) is 4.84. The Kier molecular flexibility index (Phi) is 5.19. The van der Waals surface area contributed by atoms with Crippen molar-refractivity contribution in [3.63, 3.8) is 0 Å². The van der Waals surface area contributed by atoms with Crippen molar-refractivity contribution in [2.45, 2.75) is 25.2 Å². The largest absolute Gasteiger partial charge is 0.493 e. The normalized spacial score (nSPS) is 16.0. The molecular weight excluding hydrogens is 278 g/mol. The summed E-state index contributed by atoms with van der Waals surface area (Å²) in [5.41, 5.74) is 2.14. The third kappa shape index (κ3) is 3.54. The summed E-state index contributed by atoms with van der Waals surface area (Å²) in [4.78, 5) is 8.96. The number of piperidine rings is 1. The maximum Gasteiger partial charge on any atom is 0.121 e. The second kappa shape index (κ2) is 7.51. The molecule has 1 N–H and O–H groups in total. The van der Waals surface area contributed by atoms with Gasteiger partial charge in [-0.1, -0.05) is 0 Å². The highest BCUT2D eigenvalue weighted by molar-refractivity contribution is 5.82. The number of rotatable bonds is 6. The van der Waals surface area contributed by atoms with E-state index in [1.54, 1.807) is 13.4 Å². The van der Waals surface area contributed by atoms with Crippen molar-refractivity contribution in [3.05, 3.63) is 30.2 Å². The van der Waals surface area contributed by atoms with Crippen LogP contribution in [0, 0.1) is 0 Å². The fourth-order valence-electron chi connectivity index (χ4n) is 2.96. The molecule has 0 radical (unpaired) electrons. The van der Waals surface area contributed by atoms with Gasteiger partial charge in [0, 0.05) is 37.5 Å². The van der Waals surface area contributed by atoms with Crippen molar-refractivity contribution in [2.24, 2.45) is 0 Å². The van der Waals surface area contributed by atoms with Gasteiger partial charge in [0.1, 0.15) is 12.1 Å². The molecule has 1 aromatic carbocycles. The number of ether oxygens (including phenoxy) is 2. The summed E-state index contributed by atoms with van der Waals surface area (Å²) in [5, 5.41) is 4.55. The van der Waals surface area contributed by atoms with Crippen LogP contribution < -0.4 is 10.1 Å². The van der Waals surface area contributed by atoms with Crippen LogP contribution in [0.1, 0.15) is 30.9 Å². The molecule has 0 aliphatic carbocycles. The molecule has 2 heterocycles. The van der Waals surface area contributed by atoms with Crippen LogP contribution in [0.25, 0.3) is 10.9 Å². The lowest BCUT2D eigenvalue weighted by molar-refractivity contribution is 0.172. The lowest BCUT2D eigenvalue weighted by atomic mass is 9.92. The number of nitrogens with one attached hydrogen (secondary N) is 1. The van der Waals surface area contributed by atoms with E-state index in [2.05, 4.69) is 21.4 Å². The van der Waals surface area contributed by atoms with Gasteiger partial charge in [-0.25, -0.2) is 9.97 Å². The topological polar surface area (TPSA) is 56.3 Å². The van der Waals surface area contributed by atoms with Crippen LogP contribution in [-0.4, -0.2) is 43.4 Å². The monoisotopic (exact) mass is 301 g/mol.